The summed E-state index contributed by atoms with van der Waals surface area (Å²) in [7, 11) is 1.68. The number of methoxy groups -OCH3 is 1. The Kier molecular flexibility index (Phi) is 5.36. The fourth-order valence-corrected chi connectivity index (χ4v) is 1.77. The SMILES string of the molecule is COCCC(C)(C)CNC(=O)C1COCC1N. The van der Waals surface area contributed by atoms with Crippen LogP contribution in [0, 0.1) is 11.3 Å². The van der Waals surface area contributed by atoms with Crippen molar-refractivity contribution in [3.63, 3.8) is 0 Å². The van der Waals surface area contributed by atoms with Crippen LogP contribution < -0.4 is 11.1 Å². The number of nitrogens with one attached hydrogen (secondary N) is 1. The van der Waals surface area contributed by atoms with Gasteiger partial charge in [-0.3, -0.25) is 4.79 Å². The predicted molar refractivity (Wildman–Crippen MR) is 65.6 cm³/mol. The molecule has 17 heavy (non-hydrogen) atoms. The van der Waals surface area contributed by atoms with Crippen LogP contribution >= 0.6 is 0 Å². The van der Waals surface area contributed by atoms with Crippen LogP contribution in [0.5, 0.6) is 0 Å². The largest absolute Gasteiger partial charge is 0.385 e. The van der Waals surface area contributed by atoms with Crippen molar-refractivity contribution in [2.45, 2.75) is 26.3 Å². The Balaban J connectivity index is 2.31. The van der Waals surface area contributed by atoms with Crippen molar-refractivity contribution in [3.8, 4) is 0 Å². The minimum Gasteiger partial charge on any atom is -0.385 e. The third-order valence-corrected chi connectivity index (χ3v) is 3.19. The van der Waals surface area contributed by atoms with Gasteiger partial charge in [0.2, 0.25) is 5.91 Å². The van der Waals surface area contributed by atoms with E-state index in [4.69, 9.17) is 15.2 Å². The van der Waals surface area contributed by atoms with Crippen molar-refractivity contribution in [1.29, 1.82) is 0 Å². The molecule has 1 rings (SSSR count). The molecule has 0 aromatic rings. The molecule has 2 unspecified atom stereocenters. The molecule has 100 valence electrons. The molecule has 3 N–H and O–H groups in total. The average Bonchev–Trinajstić information content (AvgIpc) is 2.70. The van der Waals surface area contributed by atoms with Gasteiger partial charge in [0, 0.05) is 26.3 Å². The van der Waals surface area contributed by atoms with Crippen LogP contribution in [0.25, 0.3) is 0 Å². The van der Waals surface area contributed by atoms with Crippen molar-refractivity contribution < 1.29 is 14.3 Å². The summed E-state index contributed by atoms with van der Waals surface area (Å²) in [4.78, 5) is 11.9. The zero-order valence-electron chi connectivity index (χ0n) is 11.0. The first-order valence-corrected chi connectivity index (χ1v) is 6.06. The van der Waals surface area contributed by atoms with Crippen LogP contribution in [0.4, 0.5) is 0 Å². The number of rotatable bonds is 6. The molecular weight excluding hydrogens is 220 g/mol. The van der Waals surface area contributed by atoms with Crippen molar-refractivity contribution in [2.24, 2.45) is 17.1 Å². The highest BCUT2D eigenvalue weighted by molar-refractivity contribution is 5.79. The molecule has 5 nitrogen and oxygen atoms in total. The van der Waals surface area contributed by atoms with E-state index >= 15 is 0 Å². The van der Waals surface area contributed by atoms with E-state index in [2.05, 4.69) is 19.2 Å². The summed E-state index contributed by atoms with van der Waals surface area (Å²) in [6.45, 7) is 6.47. The number of hydrogen-bond donors (Lipinski definition) is 2. The molecule has 1 saturated heterocycles. The van der Waals surface area contributed by atoms with E-state index in [1.807, 2.05) is 0 Å². The highest BCUT2D eigenvalue weighted by Crippen LogP contribution is 2.19. The number of ether oxygens (including phenoxy) is 2. The van der Waals surface area contributed by atoms with Gasteiger partial charge in [0.05, 0.1) is 19.1 Å². The Bertz CT molecular complexity index is 256. The third kappa shape index (κ3) is 4.61. The second-order valence-corrected chi connectivity index (χ2v) is 5.43. The predicted octanol–water partition coefficient (Wildman–Crippen LogP) is 0.139. The van der Waals surface area contributed by atoms with E-state index in [0.29, 0.717) is 26.4 Å². The molecule has 0 aromatic carbocycles. The van der Waals surface area contributed by atoms with Gasteiger partial charge in [-0.05, 0) is 11.8 Å². The summed E-state index contributed by atoms with van der Waals surface area (Å²) in [6.07, 6.45) is 0.914. The van der Waals surface area contributed by atoms with E-state index in [1.54, 1.807) is 7.11 Å². The van der Waals surface area contributed by atoms with Crippen molar-refractivity contribution in [2.75, 3.05) is 33.5 Å². The topological polar surface area (TPSA) is 73.6 Å². The van der Waals surface area contributed by atoms with Gasteiger partial charge in [-0.25, -0.2) is 0 Å². The summed E-state index contributed by atoms with van der Waals surface area (Å²) in [5.74, 6) is -0.200. The standard InChI is InChI=1S/C12H24N2O3/c1-12(2,4-5-16-3)8-14-11(15)9-6-17-7-10(9)13/h9-10H,4-8,13H2,1-3H3,(H,14,15). The fraction of sp³-hybridized carbons (Fsp3) is 0.917. The van der Waals surface area contributed by atoms with Gasteiger partial charge in [-0.1, -0.05) is 13.8 Å². The molecule has 0 spiro atoms. The number of hydrogen-bond acceptors (Lipinski definition) is 4. The van der Waals surface area contributed by atoms with Crippen molar-refractivity contribution in [3.05, 3.63) is 0 Å². The smallest absolute Gasteiger partial charge is 0.227 e. The minimum atomic E-state index is -0.201. The van der Waals surface area contributed by atoms with Gasteiger partial charge in [-0.15, -0.1) is 0 Å². The van der Waals surface area contributed by atoms with Gasteiger partial charge in [-0.2, -0.15) is 0 Å². The molecule has 2 atom stereocenters. The van der Waals surface area contributed by atoms with E-state index in [-0.39, 0.29) is 23.3 Å². The van der Waals surface area contributed by atoms with E-state index in [1.165, 1.54) is 0 Å². The lowest BCUT2D eigenvalue weighted by atomic mass is 9.89. The summed E-state index contributed by atoms with van der Waals surface area (Å²) >= 11 is 0. The number of carbonyl (C=O) groups excluding carboxylic acids is 1. The van der Waals surface area contributed by atoms with E-state index in [0.717, 1.165) is 6.42 Å². The van der Waals surface area contributed by atoms with Crippen LogP contribution in [-0.2, 0) is 14.3 Å². The number of nitrogens with two attached hydrogens (primary N) is 1. The van der Waals surface area contributed by atoms with Crippen LogP contribution in [0.3, 0.4) is 0 Å². The minimum absolute atomic E-state index is 0.000455. The van der Waals surface area contributed by atoms with E-state index in [9.17, 15) is 4.79 Å². The van der Waals surface area contributed by atoms with Crippen LogP contribution in [0.1, 0.15) is 20.3 Å². The lowest BCUT2D eigenvalue weighted by molar-refractivity contribution is -0.125. The Morgan fingerprint density at radius 2 is 2.24 bits per heavy atom. The lowest BCUT2D eigenvalue weighted by Crippen LogP contribution is -2.44. The zero-order chi connectivity index (χ0) is 12.9. The maximum Gasteiger partial charge on any atom is 0.227 e. The molecule has 0 aliphatic carbocycles. The summed E-state index contributed by atoms with van der Waals surface area (Å²) in [6, 6.07) is -0.169. The maximum atomic E-state index is 11.9. The first-order chi connectivity index (χ1) is 7.96. The molecular formula is C12H24N2O3. The molecule has 1 heterocycles. The Labute approximate surface area is 103 Å². The maximum absolute atomic E-state index is 11.9. The monoisotopic (exact) mass is 244 g/mol. The first kappa shape index (κ1) is 14.4. The molecule has 1 aliphatic heterocycles. The van der Waals surface area contributed by atoms with Crippen LogP contribution in [-0.4, -0.2) is 45.4 Å². The molecule has 1 aliphatic rings. The average molecular weight is 244 g/mol. The van der Waals surface area contributed by atoms with Gasteiger partial charge in [0.1, 0.15) is 0 Å². The van der Waals surface area contributed by atoms with Gasteiger partial charge < -0.3 is 20.5 Å². The first-order valence-electron chi connectivity index (χ1n) is 6.06. The third-order valence-electron chi connectivity index (χ3n) is 3.19. The van der Waals surface area contributed by atoms with Crippen LogP contribution in [0.15, 0.2) is 0 Å². The Morgan fingerprint density at radius 3 is 2.76 bits per heavy atom. The quantitative estimate of drug-likeness (QED) is 0.697. The van der Waals surface area contributed by atoms with Crippen molar-refractivity contribution in [1.82, 2.24) is 5.32 Å². The zero-order valence-corrected chi connectivity index (χ0v) is 11.0. The van der Waals surface area contributed by atoms with Crippen molar-refractivity contribution >= 4 is 5.91 Å². The Hall–Kier alpha value is -0.650. The number of amides is 1. The molecule has 0 saturated carbocycles. The van der Waals surface area contributed by atoms with E-state index < -0.39 is 0 Å². The molecule has 0 radical (unpaired) electrons. The summed E-state index contributed by atoms with van der Waals surface area (Å²) in [5.41, 5.74) is 5.83. The second-order valence-electron chi connectivity index (χ2n) is 5.43. The van der Waals surface area contributed by atoms with Crippen LogP contribution in [0.2, 0.25) is 0 Å². The Morgan fingerprint density at radius 1 is 1.53 bits per heavy atom. The molecule has 1 amide bonds. The number of carbonyl (C=O) groups is 1. The van der Waals surface area contributed by atoms with Gasteiger partial charge >= 0.3 is 0 Å². The second kappa shape index (κ2) is 6.33. The van der Waals surface area contributed by atoms with Gasteiger partial charge in [0.15, 0.2) is 0 Å². The molecule has 5 heteroatoms. The molecule has 0 bridgehead atoms. The lowest BCUT2D eigenvalue weighted by Gasteiger charge is -2.25. The molecule has 0 aromatic heterocycles. The van der Waals surface area contributed by atoms with Gasteiger partial charge in [0.25, 0.3) is 0 Å². The summed E-state index contributed by atoms with van der Waals surface area (Å²) in [5, 5.41) is 2.95. The fourth-order valence-electron chi connectivity index (χ4n) is 1.77. The molecule has 1 fully saturated rings. The highest BCUT2D eigenvalue weighted by Gasteiger charge is 2.32. The highest BCUT2D eigenvalue weighted by atomic mass is 16.5. The summed E-state index contributed by atoms with van der Waals surface area (Å²) < 4.78 is 10.2. The normalized spacial score (nSPS) is 24.9.